The average molecular weight is 362 g/mol. The fourth-order valence-electron chi connectivity index (χ4n) is 2.86. The molecule has 0 spiro atoms. The molecule has 6 nitrogen and oxygen atoms in total. The van der Waals surface area contributed by atoms with E-state index < -0.39 is 5.60 Å². The highest BCUT2D eigenvalue weighted by Crippen LogP contribution is 2.28. The Morgan fingerprint density at radius 3 is 2.56 bits per heavy atom. The molecule has 138 valence electrons. The van der Waals surface area contributed by atoms with Crippen LogP contribution in [-0.4, -0.2) is 26.1 Å². The zero-order valence-corrected chi connectivity index (χ0v) is 16.2. The highest BCUT2D eigenvalue weighted by molar-refractivity contribution is 5.92. The molecule has 3 rings (SSSR count). The molecule has 0 aliphatic rings. The summed E-state index contributed by atoms with van der Waals surface area (Å²) in [7, 11) is 0. The van der Waals surface area contributed by atoms with Crippen LogP contribution in [0.15, 0.2) is 30.5 Å². The molecule has 0 atom stereocenters. The molecule has 0 saturated heterocycles. The van der Waals surface area contributed by atoms with Crippen molar-refractivity contribution in [3.8, 4) is 17.3 Å². The van der Waals surface area contributed by atoms with Crippen molar-refractivity contribution < 1.29 is 9.53 Å². The van der Waals surface area contributed by atoms with Gasteiger partial charge in [0, 0.05) is 17.1 Å². The standard InChI is InChI=1S/C21H22N4O2/c1-13-6-7-15(10-14(13)2)19-16-8-9-25(12-18(26)27-21(3,4)5)20(16)24-17(11-22)23-19/h6-10H,12H2,1-5H3. The van der Waals surface area contributed by atoms with Gasteiger partial charge in [-0.2, -0.15) is 5.26 Å². The number of benzene rings is 1. The van der Waals surface area contributed by atoms with E-state index in [1.807, 2.05) is 65.0 Å². The first kappa shape index (κ1) is 18.6. The zero-order valence-electron chi connectivity index (χ0n) is 16.2. The third-order valence-electron chi connectivity index (χ3n) is 4.22. The Kier molecular flexibility index (Phi) is 4.71. The number of nitriles is 1. The van der Waals surface area contributed by atoms with Crippen molar-refractivity contribution in [2.75, 3.05) is 0 Å². The molecule has 0 aliphatic carbocycles. The van der Waals surface area contributed by atoms with Gasteiger partial charge in [0.2, 0.25) is 5.82 Å². The van der Waals surface area contributed by atoms with Crippen LogP contribution in [0.25, 0.3) is 22.3 Å². The van der Waals surface area contributed by atoms with Gasteiger partial charge in [-0.05, 0) is 57.9 Å². The van der Waals surface area contributed by atoms with E-state index in [-0.39, 0.29) is 18.3 Å². The van der Waals surface area contributed by atoms with Gasteiger partial charge in [0.1, 0.15) is 23.9 Å². The fourth-order valence-corrected chi connectivity index (χ4v) is 2.86. The monoisotopic (exact) mass is 362 g/mol. The summed E-state index contributed by atoms with van der Waals surface area (Å²) in [5, 5.41) is 10.1. The lowest BCUT2D eigenvalue weighted by Crippen LogP contribution is -2.26. The van der Waals surface area contributed by atoms with E-state index in [1.165, 1.54) is 5.56 Å². The third-order valence-corrected chi connectivity index (χ3v) is 4.22. The number of rotatable bonds is 3. The van der Waals surface area contributed by atoms with Crippen molar-refractivity contribution in [3.05, 3.63) is 47.4 Å². The van der Waals surface area contributed by atoms with E-state index >= 15 is 0 Å². The number of aromatic nitrogens is 3. The summed E-state index contributed by atoms with van der Waals surface area (Å²) in [5.41, 5.74) is 3.91. The number of carbonyl (C=O) groups is 1. The molecular formula is C21H22N4O2. The molecule has 0 unspecified atom stereocenters. The van der Waals surface area contributed by atoms with E-state index in [1.54, 1.807) is 10.8 Å². The maximum absolute atomic E-state index is 12.2. The smallest absolute Gasteiger partial charge is 0.326 e. The molecule has 27 heavy (non-hydrogen) atoms. The first-order valence-corrected chi connectivity index (χ1v) is 8.74. The van der Waals surface area contributed by atoms with Gasteiger partial charge in [-0.3, -0.25) is 4.79 Å². The summed E-state index contributed by atoms with van der Waals surface area (Å²) >= 11 is 0. The predicted octanol–water partition coefficient (Wildman–Crippen LogP) is 3.93. The summed E-state index contributed by atoms with van der Waals surface area (Å²) in [6.45, 7) is 9.59. The number of esters is 1. The first-order valence-electron chi connectivity index (χ1n) is 8.74. The maximum Gasteiger partial charge on any atom is 0.326 e. The summed E-state index contributed by atoms with van der Waals surface area (Å²) in [6, 6.07) is 9.94. The molecule has 0 bridgehead atoms. The Morgan fingerprint density at radius 2 is 1.93 bits per heavy atom. The SMILES string of the molecule is Cc1ccc(-c2nc(C#N)nc3c2ccn3CC(=O)OC(C)(C)C)cc1C. The van der Waals surface area contributed by atoms with Crippen LogP contribution in [0.4, 0.5) is 0 Å². The molecule has 0 fully saturated rings. The minimum Gasteiger partial charge on any atom is -0.459 e. The van der Waals surface area contributed by atoms with Crippen LogP contribution in [0, 0.1) is 25.2 Å². The molecule has 1 aromatic carbocycles. The highest BCUT2D eigenvalue weighted by atomic mass is 16.6. The molecule has 3 aromatic rings. The van der Waals surface area contributed by atoms with E-state index in [4.69, 9.17) is 4.74 Å². The summed E-state index contributed by atoms with van der Waals surface area (Å²) in [4.78, 5) is 20.9. The van der Waals surface area contributed by atoms with E-state index in [0.29, 0.717) is 11.3 Å². The molecule has 0 N–H and O–H groups in total. The van der Waals surface area contributed by atoms with Gasteiger partial charge in [0.25, 0.3) is 0 Å². The largest absolute Gasteiger partial charge is 0.459 e. The van der Waals surface area contributed by atoms with Gasteiger partial charge in [0.15, 0.2) is 0 Å². The number of hydrogen-bond acceptors (Lipinski definition) is 5. The summed E-state index contributed by atoms with van der Waals surface area (Å²) in [5.74, 6) is -0.287. The third kappa shape index (κ3) is 3.98. The van der Waals surface area contributed by atoms with Gasteiger partial charge < -0.3 is 9.30 Å². The molecule has 2 aromatic heterocycles. The Bertz CT molecular complexity index is 1070. The van der Waals surface area contributed by atoms with Crippen LogP contribution >= 0.6 is 0 Å². The van der Waals surface area contributed by atoms with Crippen LogP contribution in [0.3, 0.4) is 0 Å². The number of aryl methyl sites for hydroxylation is 2. The molecule has 2 heterocycles. The Labute approximate surface area is 158 Å². The van der Waals surface area contributed by atoms with E-state index in [0.717, 1.165) is 16.5 Å². The number of hydrogen-bond donors (Lipinski definition) is 0. The normalized spacial score (nSPS) is 11.4. The van der Waals surface area contributed by atoms with E-state index in [9.17, 15) is 10.1 Å². The Hall–Kier alpha value is -3.20. The van der Waals surface area contributed by atoms with Gasteiger partial charge in [-0.15, -0.1) is 0 Å². The first-order chi connectivity index (χ1) is 12.7. The van der Waals surface area contributed by atoms with E-state index in [2.05, 4.69) is 9.97 Å². The summed E-state index contributed by atoms with van der Waals surface area (Å²) < 4.78 is 7.08. The van der Waals surface area contributed by atoms with Crippen molar-refractivity contribution in [1.29, 1.82) is 5.26 Å². The lowest BCUT2D eigenvalue weighted by Gasteiger charge is -2.19. The molecule has 0 radical (unpaired) electrons. The van der Waals surface area contributed by atoms with Crippen LogP contribution in [-0.2, 0) is 16.1 Å². The Morgan fingerprint density at radius 1 is 1.19 bits per heavy atom. The van der Waals surface area contributed by atoms with Crippen molar-refractivity contribution in [2.24, 2.45) is 0 Å². The molecule has 0 aliphatic heterocycles. The molecular weight excluding hydrogens is 340 g/mol. The average Bonchev–Trinajstić information content (AvgIpc) is 2.97. The lowest BCUT2D eigenvalue weighted by molar-refractivity contribution is -0.155. The second-order valence-corrected chi connectivity index (χ2v) is 7.57. The van der Waals surface area contributed by atoms with Crippen molar-refractivity contribution in [2.45, 2.75) is 46.8 Å². The van der Waals surface area contributed by atoms with Crippen molar-refractivity contribution >= 4 is 17.0 Å². The highest BCUT2D eigenvalue weighted by Gasteiger charge is 2.19. The predicted molar refractivity (Wildman–Crippen MR) is 103 cm³/mol. The number of fused-ring (bicyclic) bond motifs is 1. The second-order valence-electron chi connectivity index (χ2n) is 7.57. The van der Waals surface area contributed by atoms with Gasteiger partial charge in [-0.1, -0.05) is 12.1 Å². The lowest BCUT2D eigenvalue weighted by atomic mass is 10.0. The minimum atomic E-state index is -0.558. The van der Waals surface area contributed by atoms with Crippen molar-refractivity contribution in [3.63, 3.8) is 0 Å². The molecule has 0 saturated carbocycles. The zero-order chi connectivity index (χ0) is 19.8. The van der Waals surface area contributed by atoms with Gasteiger partial charge >= 0.3 is 5.97 Å². The van der Waals surface area contributed by atoms with Crippen LogP contribution < -0.4 is 0 Å². The van der Waals surface area contributed by atoms with Gasteiger partial charge in [0.05, 0.1) is 5.69 Å². The number of nitrogens with zero attached hydrogens (tertiary/aromatic N) is 4. The molecule has 0 amide bonds. The Balaban J connectivity index is 2.09. The number of ether oxygens (including phenoxy) is 1. The second kappa shape index (κ2) is 6.84. The summed E-state index contributed by atoms with van der Waals surface area (Å²) in [6.07, 6.45) is 1.77. The van der Waals surface area contributed by atoms with Crippen LogP contribution in [0.1, 0.15) is 37.7 Å². The van der Waals surface area contributed by atoms with Gasteiger partial charge in [-0.25, -0.2) is 9.97 Å². The van der Waals surface area contributed by atoms with Crippen molar-refractivity contribution in [1.82, 2.24) is 14.5 Å². The maximum atomic E-state index is 12.2. The topological polar surface area (TPSA) is 80.8 Å². The minimum absolute atomic E-state index is 0.0228. The van der Waals surface area contributed by atoms with Crippen LogP contribution in [0.5, 0.6) is 0 Å². The quantitative estimate of drug-likeness (QED) is 0.660. The molecule has 6 heteroatoms. The van der Waals surface area contributed by atoms with Crippen LogP contribution in [0.2, 0.25) is 0 Å². The fraction of sp³-hybridized carbons (Fsp3) is 0.333. The number of carbonyl (C=O) groups excluding carboxylic acids is 1.